The van der Waals surface area contributed by atoms with Gasteiger partial charge >= 0.3 is 0 Å². The molecule has 0 bridgehead atoms. The molecule has 1 amide bonds. The Balaban J connectivity index is 1.28. The Morgan fingerprint density at radius 3 is 2.20 bits per heavy atom. The quantitative estimate of drug-likeness (QED) is 0.145. The summed E-state index contributed by atoms with van der Waals surface area (Å²) in [6, 6.07) is 24.1. The number of hydrogen-bond donors (Lipinski definition) is 1. The summed E-state index contributed by atoms with van der Waals surface area (Å²) >= 11 is 5.30. The van der Waals surface area contributed by atoms with E-state index < -0.39 is 0 Å². The van der Waals surface area contributed by atoms with Crippen molar-refractivity contribution in [1.82, 2.24) is 24.4 Å². The second-order valence-electron chi connectivity index (χ2n) is 10.7. The molecule has 3 aromatic carbocycles. The van der Waals surface area contributed by atoms with Gasteiger partial charge in [-0.3, -0.25) is 4.79 Å². The standard InChI is InChI=1S/C33H33BrN6O3S/c34-26-17-27(42-19-24-7-3-1-4-8-24)28(43-20-25-9-5-2-6-10-25)18-29(26)44-33-38-30-31(35)36-21-37-32(30)40(33)16-13-23-11-14-39(22-41)15-12-23/h1-10,17-18,21-23H,11-16,19-20H2,(H2,35,36,37). The molecule has 5 aromatic rings. The van der Waals surface area contributed by atoms with E-state index in [2.05, 4.69) is 30.5 Å². The van der Waals surface area contributed by atoms with Crippen molar-refractivity contribution in [3.05, 3.63) is 94.7 Å². The molecule has 1 aliphatic heterocycles. The number of likely N-dealkylation sites (tertiary alicyclic amines) is 1. The van der Waals surface area contributed by atoms with Gasteiger partial charge < -0.3 is 24.7 Å². The molecule has 0 saturated carbocycles. The normalized spacial score (nSPS) is 13.7. The minimum atomic E-state index is 0.352. The fourth-order valence-electron chi connectivity index (χ4n) is 5.26. The van der Waals surface area contributed by atoms with Crippen LogP contribution in [0.2, 0.25) is 0 Å². The lowest BCUT2D eigenvalue weighted by molar-refractivity contribution is -0.119. The zero-order valence-corrected chi connectivity index (χ0v) is 26.5. The summed E-state index contributed by atoms with van der Waals surface area (Å²) in [5.41, 5.74) is 9.66. The van der Waals surface area contributed by atoms with Crippen molar-refractivity contribution in [1.29, 1.82) is 0 Å². The number of amides is 1. The van der Waals surface area contributed by atoms with Crippen LogP contribution in [-0.2, 0) is 24.6 Å². The topological polar surface area (TPSA) is 108 Å². The highest BCUT2D eigenvalue weighted by Gasteiger charge is 2.22. The van der Waals surface area contributed by atoms with E-state index in [1.54, 1.807) is 0 Å². The van der Waals surface area contributed by atoms with Gasteiger partial charge in [-0.05, 0) is 64.4 Å². The number of fused-ring (bicyclic) bond motifs is 1. The molecule has 0 atom stereocenters. The summed E-state index contributed by atoms with van der Waals surface area (Å²) in [6.45, 7) is 3.15. The third-order valence-electron chi connectivity index (χ3n) is 7.76. The van der Waals surface area contributed by atoms with Crippen molar-refractivity contribution in [2.75, 3.05) is 18.8 Å². The van der Waals surface area contributed by atoms with Crippen LogP contribution in [0.3, 0.4) is 0 Å². The van der Waals surface area contributed by atoms with Crippen LogP contribution in [0, 0.1) is 5.92 Å². The van der Waals surface area contributed by atoms with Gasteiger partial charge in [-0.1, -0.05) is 72.4 Å². The molecule has 0 radical (unpaired) electrons. The van der Waals surface area contributed by atoms with Crippen molar-refractivity contribution in [3.8, 4) is 11.5 Å². The molecule has 1 aliphatic rings. The van der Waals surface area contributed by atoms with E-state index in [9.17, 15) is 4.79 Å². The van der Waals surface area contributed by atoms with Crippen LogP contribution in [0.15, 0.2) is 93.6 Å². The van der Waals surface area contributed by atoms with Gasteiger partial charge in [-0.25, -0.2) is 15.0 Å². The summed E-state index contributed by atoms with van der Waals surface area (Å²) in [5, 5.41) is 0.769. The van der Waals surface area contributed by atoms with Gasteiger partial charge in [0.05, 0.1) is 0 Å². The number of piperidine rings is 1. The van der Waals surface area contributed by atoms with Gasteiger partial charge in [0.1, 0.15) is 19.5 Å². The highest BCUT2D eigenvalue weighted by Crippen LogP contribution is 2.42. The lowest BCUT2D eigenvalue weighted by atomic mass is 9.94. The molecule has 2 aromatic heterocycles. The minimum Gasteiger partial charge on any atom is -0.485 e. The molecule has 1 fully saturated rings. The third-order valence-corrected chi connectivity index (χ3v) is 9.73. The van der Waals surface area contributed by atoms with Crippen LogP contribution in [0.25, 0.3) is 11.2 Å². The molecule has 2 N–H and O–H groups in total. The van der Waals surface area contributed by atoms with Crippen molar-refractivity contribution >= 4 is 51.1 Å². The Kier molecular flexibility index (Phi) is 9.62. The summed E-state index contributed by atoms with van der Waals surface area (Å²) in [4.78, 5) is 27.5. The first-order valence-corrected chi connectivity index (χ1v) is 16.2. The lowest BCUT2D eigenvalue weighted by Crippen LogP contribution is -2.32. The van der Waals surface area contributed by atoms with Gasteiger partial charge in [0.2, 0.25) is 6.41 Å². The Bertz CT molecular complexity index is 1710. The zero-order chi connectivity index (χ0) is 30.3. The number of anilines is 1. The van der Waals surface area contributed by atoms with Crippen LogP contribution < -0.4 is 15.2 Å². The molecular formula is C33H33BrN6O3S. The van der Waals surface area contributed by atoms with Gasteiger partial charge in [0.25, 0.3) is 0 Å². The van der Waals surface area contributed by atoms with E-state index in [0.29, 0.717) is 47.6 Å². The molecule has 0 spiro atoms. The number of rotatable bonds is 12. The molecule has 0 aliphatic carbocycles. The first-order valence-electron chi connectivity index (χ1n) is 14.6. The fraction of sp³-hybridized carbons (Fsp3) is 0.273. The van der Waals surface area contributed by atoms with E-state index >= 15 is 0 Å². The van der Waals surface area contributed by atoms with Crippen LogP contribution in [-0.4, -0.2) is 43.9 Å². The maximum absolute atomic E-state index is 11.2. The summed E-state index contributed by atoms with van der Waals surface area (Å²) in [5.74, 6) is 2.16. The number of carbonyl (C=O) groups is 1. The van der Waals surface area contributed by atoms with Crippen molar-refractivity contribution in [2.45, 2.75) is 49.1 Å². The number of halogens is 1. The van der Waals surface area contributed by atoms with Crippen LogP contribution in [0.4, 0.5) is 5.82 Å². The van der Waals surface area contributed by atoms with E-state index in [-0.39, 0.29) is 0 Å². The number of aromatic nitrogens is 4. The van der Waals surface area contributed by atoms with E-state index in [0.717, 1.165) is 71.0 Å². The molecule has 1 saturated heterocycles. The molecule has 0 unspecified atom stereocenters. The van der Waals surface area contributed by atoms with Crippen molar-refractivity contribution in [2.24, 2.45) is 5.92 Å². The second kappa shape index (κ2) is 14.1. The number of benzene rings is 3. The highest BCUT2D eigenvalue weighted by atomic mass is 79.9. The number of ether oxygens (including phenoxy) is 2. The molecule has 9 nitrogen and oxygen atoms in total. The predicted octanol–water partition coefficient (Wildman–Crippen LogP) is 6.74. The fourth-order valence-corrected chi connectivity index (χ4v) is 6.77. The monoisotopic (exact) mass is 672 g/mol. The van der Waals surface area contributed by atoms with Crippen LogP contribution >= 0.6 is 27.7 Å². The van der Waals surface area contributed by atoms with Gasteiger partial charge in [0.15, 0.2) is 33.6 Å². The molecule has 44 heavy (non-hydrogen) atoms. The first kappa shape index (κ1) is 30.0. The number of hydrogen-bond acceptors (Lipinski definition) is 8. The summed E-state index contributed by atoms with van der Waals surface area (Å²) < 4.78 is 15.6. The molecule has 3 heterocycles. The SMILES string of the molecule is Nc1ncnc2c1nc(Sc1cc(OCc3ccccc3)c(OCc3ccccc3)cc1Br)n2CCC1CCN(C=O)CC1. The predicted molar refractivity (Wildman–Crippen MR) is 175 cm³/mol. The van der Waals surface area contributed by atoms with Gasteiger partial charge in [0, 0.05) is 29.0 Å². The minimum absolute atomic E-state index is 0.352. The molecular weight excluding hydrogens is 640 g/mol. The van der Waals surface area contributed by atoms with Crippen LogP contribution in [0.5, 0.6) is 11.5 Å². The number of nitrogens with zero attached hydrogens (tertiary/aromatic N) is 5. The Morgan fingerprint density at radius 1 is 0.932 bits per heavy atom. The van der Waals surface area contributed by atoms with Gasteiger partial charge in [-0.2, -0.15) is 0 Å². The summed E-state index contributed by atoms with van der Waals surface area (Å²) in [7, 11) is 0. The number of nitrogen functional groups attached to an aromatic ring is 1. The number of aryl methyl sites for hydroxylation is 1. The van der Waals surface area contributed by atoms with E-state index in [1.807, 2.05) is 77.7 Å². The van der Waals surface area contributed by atoms with Crippen molar-refractivity contribution in [3.63, 3.8) is 0 Å². The number of nitrogens with two attached hydrogens (primary N) is 1. The average molecular weight is 674 g/mol. The Labute approximate surface area is 268 Å². The molecule has 11 heteroatoms. The summed E-state index contributed by atoms with van der Waals surface area (Å²) in [6.07, 6.45) is 5.36. The second-order valence-corrected chi connectivity index (χ2v) is 12.6. The van der Waals surface area contributed by atoms with E-state index in [4.69, 9.17) is 20.2 Å². The zero-order valence-electron chi connectivity index (χ0n) is 24.1. The largest absolute Gasteiger partial charge is 0.485 e. The average Bonchev–Trinajstić information content (AvgIpc) is 3.42. The Morgan fingerprint density at radius 2 is 1.57 bits per heavy atom. The Hall–Kier alpha value is -4.09. The molecule has 6 rings (SSSR count). The lowest BCUT2D eigenvalue weighted by Gasteiger charge is -2.29. The van der Waals surface area contributed by atoms with E-state index in [1.165, 1.54) is 18.1 Å². The van der Waals surface area contributed by atoms with Crippen LogP contribution in [0.1, 0.15) is 30.4 Å². The maximum atomic E-state index is 11.2. The first-order chi connectivity index (χ1) is 21.6. The maximum Gasteiger partial charge on any atom is 0.209 e. The smallest absolute Gasteiger partial charge is 0.209 e. The highest BCUT2D eigenvalue weighted by molar-refractivity contribution is 9.10. The third kappa shape index (κ3) is 7.16. The number of carbonyl (C=O) groups excluding carboxylic acids is 1. The van der Waals surface area contributed by atoms with Gasteiger partial charge in [-0.15, -0.1) is 0 Å². The van der Waals surface area contributed by atoms with Crippen molar-refractivity contribution < 1.29 is 14.3 Å². The molecule has 226 valence electrons. The number of imidazole rings is 1.